The molecule has 0 radical (unpaired) electrons. The van der Waals surface area contributed by atoms with Crippen molar-refractivity contribution >= 4 is 129 Å². The summed E-state index contributed by atoms with van der Waals surface area (Å²) in [7, 11) is 0. The van der Waals surface area contributed by atoms with Gasteiger partial charge in [-0.2, -0.15) is 0 Å². The van der Waals surface area contributed by atoms with Crippen molar-refractivity contribution < 1.29 is 76.6 Å². The first-order chi connectivity index (χ1) is 60.8. The molecule has 12 N–H and O–H groups in total. The van der Waals surface area contributed by atoms with Gasteiger partial charge in [-0.05, 0) is 167 Å². The van der Waals surface area contributed by atoms with Crippen molar-refractivity contribution in [1.29, 1.82) is 0 Å². The van der Waals surface area contributed by atoms with Crippen molar-refractivity contribution in [1.82, 2.24) is 67.6 Å². The van der Waals surface area contributed by atoms with Crippen LogP contribution in [0.4, 0.5) is 9.59 Å². The number of carbonyl (C=O) groups is 14. The third-order valence-corrected chi connectivity index (χ3v) is 36.0. The molecule has 0 aliphatic heterocycles. The lowest BCUT2D eigenvalue weighted by atomic mass is 9.98. The minimum Gasteiger partial charge on any atom is -0.448 e. The summed E-state index contributed by atoms with van der Waals surface area (Å²) < 4.78 is 13.3. The van der Waals surface area contributed by atoms with Crippen molar-refractivity contribution in [3.63, 3.8) is 0 Å². The van der Waals surface area contributed by atoms with Gasteiger partial charge in [-0.25, -0.2) is 24.4 Å². The van der Waals surface area contributed by atoms with Crippen LogP contribution in [0.3, 0.4) is 0 Å². The molecule has 11 rings (SSSR count). The Morgan fingerprint density at radius 1 is 0.445 bits per heavy atom. The Balaban J connectivity index is 1.04. The average Bonchev–Trinajstić information content (AvgIpc) is 0.974. The molecule has 7 aromatic rings. The average molecular weight is 1820 g/mol. The molecule has 30 nitrogen and oxygen atoms in total. The largest absolute Gasteiger partial charge is 0.448 e. The number of aromatic nitrogens is 2. The lowest BCUT2D eigenvalue weighted by molar-refractivity contribution is -0.147. The highest BCUT2D eigenvalue weighted by atomic mass is 32.4. The summed E-state index contributed by atoms with van der Waals surface area (Å²) in [5.74, 6) is -12.6. The Hall–Kier alpha value is -11.6. The molecule has 4 aliphatic carbocycles. The van der Waals surface area contributed by atoms with Crippen LogP contribution < -0.4 is 64.2 Å². The molecule has 0 bridgehead atoms. The number of benzene rings is 6. The zero-order valence-electron chi connectivity index (χ0n) is 73.9. The van der Waals surface area contributed by atoms with Crippen molar-refractivity contribution in [2.45, 2.75) is 235 Å². The van der Waals surface area contributed by atoms with Crippen molar-refractivity contribution in [3.8, 4) is 22.3 Å². The molecule has 14 amide bonds. The van der Waals surface area contributed by atoms with E-state index in [4.69, 9.17) is 38.8 Å². The molecular weight excluding hydrogens is 1710 g/mol. The van der Waals surface area contributed by atoms with Crippen LogP contribution in [0.25, 0.3) is 22.3 Å². The number of carbonyl (C=O) groups excluding carboxylic acids is 14. The highest BCUT2D eigenvalue weighted by Crippen LogP contribution is 2.64. The van der Waals surface area contributed by atoms with Crippen LogP contribution in [0.2, 0.25) is 0 Å². The van der Waals surface area contributed by atoms with Crippen LogP contribution in [-0.4, -0.2) is 205 Å². The van der Waals surface area contributed by atoms with E-state index >= 15 is 28.8 Å². The normalized spacial score (nSPS) is 16.2. The minimum atomic E-state index is -3.76. The van der Waals surface area contributed by atoms with Gasteiger partial charge in [-0.15, -0.1) is 0 Å². The highest BCUT2D eigenvalue weighted by molar-refractivity contribution is 8.22. The van der Waals surface area contributed by atoms with E-state index in [-0.39, 0.29) is 29.6 Å². The summed E-state index contributed by atoms with van der Waals surface area (Å²) >= 11 is 14.4. The SMILES string of the molecule is CC(=O)N[C@@H](C)C(=O)NC(C)(C)C(=O)N[C@@H](C)C(=O)N[C@@H](Cc1c[nH]cn1)C(=O)N[C@@H](C)C(=O)N[C@@H](C)C(=O)N(C(=O)OCC1c2ccccc2-c2ccccc21)[C@@H](CP(=S)(c1ccccc1)c1ccccc1)C(=O)N(C(=O)OCC1c2ccccc2-c2ccccc21)[C@@H](CP(=S)(C1CCCCC1)C1CCCCC1)C(=O)N[C@@H](C)C(=O)NC(C)(C)C(=O)N[C@@H](C)C(N)=O. The Kier molecular flexibility index (Phi) is 32.3. The molecule has 1 heterocycles. The van der Waals surface area contributed by atoms with E-state index in [9.17, 15) is 38.4 Å². The molecule has 680 valence electrons. The van der Waals surface area contributed by atoms with Gasteiger partial charge in [0.15, 0.2) is 0 Å². The van der Waals surface area contributed by atoms with Gasteiger partial charge < -0.3 is 68.0 Å². The lowest BCUT2D eigenvalue weighted by Crippen LogP contribution is -2.65. The molecular formula is C94H116N14O16P2S2. The maximum absolute atomic E-state index is 18.2. The summed E-state index contributed by atoms with van der Waals surface area (Å²) in [6, 6.07) is 26.2. The van der Waals surface area contributed by atoms with Gasteiger partial charge in [0.1, 0.15) is 78.7 Å². The van der Waals surface area contributed by atoms with Crippen molar-refractivity contribution in [3.05, 3.63) is 198 Å². The van der Waals surface area contributed by atoms with Crippen molar-refractivity contribution in [2.75, 3.05) is 25.5 Å². The Morgan fingerprint density at radius 2 is 0.820 bits per heavy atom. The van der Waals surface area contributed by atoms with E-state index in [0.29, 0.717) is 46.1 Å². The second kappa shape index (κ2) is 42.6. The number of imide groups is 2. The van der Waals surface area contributed by atoms with Gasteiger partial charge in [-0.3, -0.25) is 57.5 Å². The summed E-state index contributed by atoms with van der Waals surface area (Å²) in [6.07, 6.45) is 6.29. The van der Waals surface area contributed by atoms with Crippen LogP contribution in [0, 0.1) is 0 Å². The van der Waals surface area contributed by atoms with Crippen LogP contribution >= 0.6 is 12.1 Å². The van der Waals surface area contributed by atoms with E-state index in [1.165, 1.54) is 88.7 Å². The second-order valence-electron chi connectivity index (χ2n) is 34.7. The Labute approximate surface area is 756 Å². The number of hydrogen-bond acceptors (Lipinski definition) is 19. The number of amides is 14. The molecule has 2 saturated carbocycles. The minimum absolute atomic E-state index is 0.181. The molecule has 0 spiro atoms. The molecule has 9 atom stereocenters. The number of nitrogens with two attached hydrogens (primary N) is 1. The number of nitrogens with zero attached hydrogens (tertiary/aromatic N) is 3. The number of H-pyrrole nitrogens is 1. The van der Waals surface area contributed by atoms with Crippen LogP contribution in [0.15, 0.2) is 170 Å². The maximum Gasteiger partial charge on any atom is 0.417 e. The fourth-order valence-electron chi connectivity index (χ4n) is 17.3. The Morgan fingerprint density at radius 3 is 1.24 bits per heavy atom. The van der Waals surface area contributed by atoms with E-state index in [1.807, 2.05) is 97.1 Å². The van der Waals surface area contributed by atoms with Crippen molar-refractivity contribution in [2.24, 2.45) is 5.73 Å². The molecule has 0 saturated heterocycles. The zero-order valence-corrected chi connectivity index (χ0v) is 77.4. The van der Waals surface area contributed by atoms with Gasteiger partial charge in [0, 0.05) is 49.7 Å². The van der Waals surface area contributed by atoms with Crippen LogP contribution in [-0.2, 0) is 97.0 Å². The van der Waals surface area contributed by atoms with Gasteiger partial charge in [-0.1, -0.05) is 220 Å². The maximum atomic E-state index is 18.2. The summed E-state index contributed by atoms with van der Waals surface area (Å²) in [6.45, 7) is 13.8. The van der Waals surface area contributed by atoms with E-state index < -0.39 is 192 Å². The molecule has 2 fully saturated rings. The van der Waals surface area contributed by atoms with Crippen LogP contribution in [0.5, 0.6) is 0 Å². The molecule has 128 heavy (non-hydrogen) atoms. The number of ether oxygens (including phenoxy) is 2. The van der Waals surface area contributed by atoms with E-state index in [0.717, 1.165) is 83.0 Å². The number of rotatable bonds is 36. The molecule has 4 aliphatic rings. The number of hydrogen-bond donors (Lipinski definition) is 11. The van der Waals surface area contributed by atoms with Crippen LogP contribution in [0.1, 0.15) is 180 Å². The quantitative estimate of drug-likeness (QED) is 0.0164. The van der Waals surface area contributed by atoms with Gasteiger partial charge in [0.05, 0.1) is 12.0 Å². The van der Waals surface area contributed by atoms with Gasteiger partial charge >= 0.3 is 12.2 Å². The monoisotopic (exact) mass is 1820 g/mol. The standard InChI is InChI=1S/C94H116N14O16P2S2/c1-55(80(95)110)102-89(119)93(8,9)106-84(114)59(5)100-86(116)78(52-125(127,63-32-16-12-17-33-63)64-34-18-13-19-35-64)107(91(121)123-50-75-71-44-28-24-40-67(71)68-41-25-29-45-72(68)75)88(118)79(53-126(128,65-36-20-14-21-37-65)66-38-22-15-23-39-66)108(92(122)124-51-76-73-46-30-26-42-69(73)70-43-27-31-47-74(70)76)87(117)60(6)101-81(111)56(2)99-85(115)77(48-62-49-96-54-97-62)104-82(112)57(3)103-90(120)94(10,11)105-83(113)58(4)98-61(7)109/h14-15,20-31,36-47,49,54-60,63-64,75-79H,12-13,16-19,32-35,48,50-53H2,1-11H3,(H2,95,110)(H,96,97)(H,98,109)(H,99,115)(H,100,116)(H,101,111)(H,102,119)(H,103,120)(H,104,112)(H,105,113)(H,106,114)/t55-,56-,57-,58-,59-,60-,77-,78-,79-/m0/s1. The Bertz CT molecular complexity index is 5240. The lowest BCUT2D eigenvalue weighted by Gasteiger charge is -2.45. The number of fused-ring (bicyclic) bond motifs is 6. The molecule has 6 aromatic carbocycles. The first kappa shape index (κ1) is 97.0. The van der Waals surface area contributed by atoms with E-state index in [1.54, 1.807) is 60.7 Å². The third-order valence-electron chi connectivity index (χ3n) is 24.5. The van der Waals surface area contributed by atoms with Gasteiger partial charge in [0.2, 0.25) is 59.1 Å². The fraction of sp³-hybridized carbons (Fsp3) is 0.436. The topological polar surface area (TPSA) is 427 Å². The zero-order chi connectivity index (χ0) is 92.7. The number of nitrogens with one attached hydrogen (secondary N) is 10. The first-order valence-electron chi connectivity index (χ1n) is 43.5. The number of imidazole rings is 1. The smallest absolute Gasteiger partial charge is 0.417 e. The summed E-state index contributed by atoms with van der Waals surface area (Å²) in [5, 5.41) is 24.4. The third kappa shape index (κ3) is 22.9. The summed E-state index contributed by atoms with van der Waals surface area (Å²) in [5.41, 5.74) is 8.49. The summed E-state index contributed by atoms with van der Waals surface area (Å²) in [4.78, 5) is 218. The molecule has 34 heteroatoms. The predicted molar refractivity (Wildman–Crippen MR) is 495 cm³/mol. The first-order valence-corrected chi connectivity index (χ1v) is 49.6. The fourth-order valence-corrected chi connectivity index (χ4v) is 27.5. The molecule has 1 aromatic heterocycles. The number of primary amides is 1. The van der Waals surface area contributed by atoms with E-state index in [2.05, 4.69) is 57.8 Å². The molecule has 0 unspecified atom stereocenters. The highest BCUT2D eigenvalue weighted by Gasteiger charge is 2.52. The predicted octanol–water partition coefficient (Wildman–Crippen LogP) is 8.33. The van der Waals surface area contributed by atoms with Gasteiger partial charge in [0.25, 0.3) is 11.8 Å². The number of aromatic amines is 1. The second-order valence-corrected chi connectivity index (χ2v) is 45.1.